The molecule has 2 aromatic carbocycles. The number of carbonyl (C=O) groups excluding carboxylic acids is 5. The van der Waals surface area contributed by atoms with Gasteiger partial charge in [0.05, 0.1) is 17.6 Å². The van der Waals surface area contributed by atoms with Crippen molar-refractivity contribution in [1.82, 2.24) is 39.4 Å². The zero-order valence-corrected chi connectivity index (χ0v) is 37.4. The zero-order chi connectivity index (χ0) is 45.0. The van der Waals surface area contributed by atoms with Crippen LogP contribution in [0.4, 0.5) is 4.79 Å². The van der Waals surface area contributed by atoms with Crippen molar-refractivity contribution in [3.05, 3.63) is 71.8 Å². The lowest BCUT2D eigenvalue weighted by Gasteiger charge is -2.30. The van der Waals surface area contributed by atoms with Crippen molar-refractivity contribution in [3.8, 4) is 6.01 Å². The third kappa shape index (κ3) is 10.7. The van der Waals surface area contributed by atoms with Crippen molar-refractivity contribution in [1.29, 1.82) is 0 Å². The maximum Gasteiger partial charge on any atom is 0.408 e. The van der Waals surface area contributed by atoms with Gasteiger partial charge in [0.1, 0.15) is 34.8 Å². The second-order valence-corrected chi connectivity index (χ2v) is 19.6. The first kappa shape index (κ1) is 46.0. The number of amides is 5. The largest absolute Gasteiger partial charge is 0.459 e. The van der Waals surface area contributed by atoms with Gasteiger partial charge in [-0.3, -0.25) is 23.7 Å². The molecule has 2 fully saturated rings. The van der Waals surface area contributed by atoms with Crippen LogP contribution in [0.1, 0.15) is 102 Å². The van der Waals surface area contributed by atoms with Gasteiger partial charge in [-0.15, -0.1) is 0 Å². The Kier molecular flexibility index (Phi) is 14.0. The molecule has 3 aliphatic rings. The molecule has 1 saturated heterocycles. The van der Waals surface area contributed by atoms with E-state index in [0.29, 0.717) is 42.4 Å². The smallest absolute Gasteiger partial charge is 0.408 e. The fourth-order valence-electron chi connectivity index (χ4n) is 7.99. The van der Waals surface area contributed by atoms with Crippen molar-refractivity contribution in [3.63, 3.8) is 0 Å². The summed E-state index contributed by atoms with van der Waals surface area (Å²) in [5.74, 6) is -2.91. The number of alkyl carbamates (subject to hydrolysis) is 1. The molecular weight excluding hydrogens is 817 g/mol. The quantitative estimate of drug-likeness (QED) is 0.202. The van der Waals surface area contributed by atoms with Gasteiger partial charge < -0.3 is 30.3 Å². The summed E-state index contributed by atoms with van der Waals surface area (Å²) in [6.45, 7) is 9.37. The highest BCUT2D eigenvalue weighted by atomic mass is 32.2. The van der Waals surface area contributed by atoms with Crippen molar-refractivity contribution in [2.24, 2.45) is 5.92 Å². The number of hydrogen-bond acceptors (Lipinski definition) is 10. The number of hydrogen-bond donors (Lipinski definition) is 4. The normalized spacial score (nSPS) is 24.0. The number of nitrogens with one attached hydrogen (secondary N) is 4. The first-order valence-electron chi connectivity index (χ1n) is 21.3. The van der Waals surface area contributed by atoms with Gasteiger partial charge in [-0.2, -0.15) is 17.7 Å². The van der Waals surface area contributed by atoms with Gasteiger partial charge in [-0.1, -0.05) is 61.4 Å². The summed E-state index contributed by atoms with van der Waals surface area (Å²) in [7, 11) is -1.63. The number of benzene rings is 2. The molecule has 0 bridgehead atoms. The number of allylic oxidation sites excluding steroid dienone is 1. The second-order valence-electron chi connectivity index (χ2n) is 17.8. The van der Waals surface area contributed by atoms with Gasteiger partial charge in [0.2, 0.25) is 11.8 Å². The monoisotopic (exact) mass is 876 g/mol. The lowest BCUT2D eigenvalue weighted by molar-refractivity contribution is -0.141. The van der Waals surface area contributed by atoms with Crippen molar-refractivity contribution in [2.75, 3.05) is 27.2 Å². The maximum absolute atomic E-state index is 14.7. The van der Waals surface area contributed by atoms with E-state index in [-0.39, 0.29) is 43.8 Å². The second kappa shape index (κ2) is 18.9. The average Bonchev–Trinajstić information content (AvgIpc) is 3.51. The molecule has 2 aliphatic heterocycles. The van der Waals surface area contributed by atoms with Crippen LogP contribution < -0.4 is 25.4 Å². The first-order chi connectivity index (χ1) is 29.3. The van der Waals surface area contributed by atoms with Crippen LogP contribution in [0.25, 0.3) is 11.0 Å². The molecule has 1 aliphatic carbocycles. The van der Waals surface area contributed by atoms with Crippen LogP contribution >= 0.6 is 0 Å². The van der Waals surface area contributed by atoms with E-state index in [1.54, 1.807) is 32.9 Å². The molecular formula is C44H60N8O9S. The molecule has 5 atom stereocenters. The highest BCUT2D eigenvalue weighted by Gasteiger charge is 2.62. The molecule has 6 rings (SSSR count). The fraction of sp³-hybridized carbons (Fsp3) is 0.545. The highest BCUT2D eigenvalue weighted by molar-refractivity contribution is 7.87. The van der Waals surface area contributed by atoms with Crippen LogP contribution in [-0.4, -0.2) is 113 Å². The minimum atomic E-state index is -4.20. The Hall–Kier alpha value is -5.49. The number of carbonyl (C=O) groups is 5. The van der Waals surface area contributed by atoms with E-state index in [0.717, 1.165) is 22.7 Å². The van der Waals surface area contributed by atoms with Gasteiger partial charge >= 0.3 is 16.3 Å². The number of imidazole rings is 1. The lowest BCUT2D eigenvalue weighted by Crippen LogP contribution is -2.58. The van der Waals surface area contributed by atoms with Gasteiger partial charge in [0, 0.05) is 39.0 Å². The van der Waals surface area contributed by atoms with E-state index >= 15 is 0 Å². The highest BCUT2D eigenvalue weighted by Crippen LogP contribution is 2.46. The van der Waals surface area contributed by atoms with E-state index in [2.05, 4.69) is 20.7 Å². The average molecular weight is 877 g/mol. The summed E-state index contributed by atoms with van der Waals surface area (Å²) in [4.78, 5) is 75.9. The van der Waals surface area contributed by atoms with E-state index < -0.39 is 69.3 Å². The van der Waals surface area contributed by atoms with Crippen LogP contribution in [0.5, 0.6) is 6.01 Å². The number of nitrogens with zero attached hydrogens (tertiary/aromatic N) is 4. The molecule has 0 unspecified atom stereocenters. The molecule has 1 aromatic heterocycles. The molecule has 62 heavy (non-hydrogen) atoms. The Morgan fingerprint density at radius 3 is 2.47 bits per heavy atom. The summed E-state index contributed by atoms with van der Waals surface area (Å²) in [6.07, 6.45) is 5.92. The minimum absolute atomic E-state index is 0.0287. The Bertz CT molecular complexity index is 2290. The molecule has 3 heterocycles. The van der Waals surface area contributed by atoms with Crippen LogP contribution in [0.15, 0.2) is 60.7 Å². The molecule has 336 valence electrons. The summed E-state index contributed by atoms with van der Waals surface area (Å²) in [5.41, 5.74) is 0.0919. The minimum Gasteiger partial charge on any atom is -0.459 e. The van der Waals surface area contributed by atoms with Crippen molar-refractivity contribution >= 4 is 51.0 Å². The van der Waals surface area contributed by atoms with Crippen molar-refractivity contribution in [2.45, 2.75) is 121 Å². The molecule has 0 spiro atoms. The Labute approximate surface area is 363 Å². The third-order valence-electron chi connectivity index (χ3n) is 11.3. The van der Waals surface area contributed by atoms with Crippen LogP contribution in [0.3, 0.4) is 0 Å². The number of fused-ring (bicyclic) bond motifs is 3. The Balaban J connectivity index is 1.31. The third-order valence-corrected chi connectivity index (χ3v) is 12.7. The number of para-hydroxylation sites is 1. The first-order valence-corrected chi connectivity index (χ1v) is 22.8. The fourth-order valence-corrected chi connectivity index (χ4v) is 8.58. The topological polar surface area (TPSA) is 210 Å². The predicted molar refractivity (Wildman–Crippen MR) is 232 cm³/mol. The number of aromatic nitrogens is 2. The maximum atomic E-state index is 14.7. The number of ether oxygens (including phenoxy) is 2. The molecule has 3 aromatic rings. The van der Waals surface area contributed by atoms with Gasteiger partial charge in [0.15, 0.2) is 0 Å². The van der Waals surface area contributed by atoms with E-state index in [1.165, 1.54) is 19.0 Å². The Morgan fingerprint density at radius 1 is 1.03 bits per heavy atom. The van der Waals surface area contributed by atoms with Gasteiger partial charge in [0.25, 0.3) is 17.8 Å². The van der Waals surface area contributed by atoms with E-state index in [9.17, 15) is 32.4 Å². The molecule has 4 N–H and O–H groups in total. The predicted octanol–water partition coefficient (Wildman–Crippen LogP) is 4.15. The molecule has 18 heteroatoms. The van der Waals surface area contributed by atoms with Gasteiger partial charge in [-0.25, -0.2) is 9.52 Å². The van der Waals surface area contributed by atoms with E-state index in [1.807, 2.05) is 67.0 Å². The lowest BCUT2D eigenvalue weighted by atomic mass is 10.0. The summed E-state index contributed by atoms with van der Waals surface area (Å²) >= 11 is 0. The summed E-state index contributed by atoms with van der Waals surface area (Å²) < 4.78 is 42.5. The SMILES string of the molecule is CC(C)n1c(O[C@@H]2C[C@H]3C(=O)N[C@]4(C(=O)NS(=O)(=O)N(C)C)C[C@H]4/C=C\CCCCC[C@H](NC(=O)OC(C)(C)C)C(=O)N3C2)nc2c(C(=O)NCCc3ccccc3)cccc21. The standard InChI is InChI=1S/C44H60N8O9S/c1-28(2)52-34-22-16-20-32(37(53)45-24-23-29-17-12-11-13-18-29)36(34)47-41(52)60-31-25-35-38(54)48-44(40(56)49-62(58,59)50(6)7)26-30(44)19-14-9-8-10-15-21-33(39(55)51(35)27-31)46-42(57)61-43(3,4)5/h11-14,16-20,22,28,30-31,33,35H,8-10,15,21,23-27H2,1-7H3,(H,45,53)(H,46,57)(H,48,54)(H,49,56)/b19-14-/t30-,31-,33+,35+,44-/m1/s1. The number of rotatable bonds is 11. The molecule has 5 amide bonds. The van der Waals surface area contributed by atoms with Crippen molar-refractivity contribution < 1.29 is 41.9 Å². The van der Waals surface area contributed by atoms with E-state index in [4.69, 9.17) is 14.5 Å². The zero-order valence-electron chi connectivity index (χ0n) is 36.6. The van der Waals surface area contributed by atoms with Gasteiger partial charge in [-0.05, 0) is 84.4 Å². The van der Waals surface area contributed by atoms with Crippen LogP contribution in [0.2, 0.25) is 0 Å². The Morgan fingerprint density at radius 2 is 1.77 bits per heavy atom. The molecule has 0 radical (unpaired) electrons. The molecule has 1 saturated carbocycles. The summed E-state index contributed by atoms with van der Waals surface area (Å²) in [5, 5.41) is 8.59. The molecule has 17 nitrogen and oxygen atoms in total. The summed E-state index contributed by atoms with van der Waals surface area (Å²) in [6, 6.07) is 12.9. The van der Waals surface area contributed by atoms with Crippen LogP contribution in [-0.2, 0) is 35.8 Å². The van der Waals surface area contributed by atoms with Crippen LogP contribution in [0, 0.1) is 5.92 Å².